The maximum Gasteiger partial charge on any atom is 0.224 e. The highest BCUT2D eigenvalue weighted by Crippen LogP contribution is 2.38. The number of halogens is 2. The second kappa shape index (κ2) is 11.2. The number of aryl methyl sites for hydroxylation is 1. The molecule has 2 bridgehead atoms. The van der Waals surface area contributed by atoms with E-state index in [1.54, 1.807) is 0 Å². The van der Waals surface area contributed by atoms with Crippen LogP contribution in [0.25, 0.3) is 5.69 Å². The van der Waals surface area contributed by atoms with Crippen molar-refractivity contribution in [2.75, 3.05) is 26.2 Å². The Morgan fingerprint density at radius 2 is 1.88 bits per heavy atom. The van der Waals surface area contributed by atoms with Crippen molar-refractivity contribution in [3.05, 3.63) is 47.3 Å². The summed E-state index contributed by atoms with van der Waals surface area (Å²) in [6, 6.07) is 11.3. The van der Waals surface area contributed by atoms with Gasteiger partial charge in [-0.05, 0) is 76.7 Å². The fraction of sp³-hybridized carbons (Fsp3) is 0.600. The fourth-order valence-electron chi connectivity index (χ4n) is 6.24. The van der Waals surface area contributed by atoms with Gasteiger partial charge in [0.1, 0.15) is 0 Å². The Morgan fingerprint density at radius 3 is 2.67 bits per heavy atom. The number of benzene rings is 1. The summed E-state index contributed by atoms with van der Waals surface area (Å²) >= 11 is 0. The molecule has 1 amide bonds. The molecule has 4 atom stereocenters. The highest BCUT2D eigenvalue weighted by Gasteiger charge is 2.45. The number of hydrogen-bond donors (Lipinski definition) is 2. The van der Waals surface area contributed by atoms with Crippen LogP contribution in [0.1, 0.15) is 42.6 Å². The van der Waals surface area contributed by atoms with Crippen molar-refractivity contribution in [3.8, 4) is 5.69 Å². The number of fused-ring (bicyclic) bond motifs is 4. The van der Waals surface area contributed by atoms with Crippen LogP contribution in [0.2, 0.25) is 0 Å². The first-order valence-electron chi connectivity index (χ1n) is 12.0. The number of carbonyl (C=O) groups excluding carboxylic acids is 1. The molecule has 3 saturated heterocycles. The van der Waals surface area contributed by atoms with E-state index in [4.69, 9.17) is 5.10 Å². The Kier molecular flexibility index (Phi) is 8.84. The lowest BCUT2D eigenvalue weighted by molar-refractivity contribution is -0.121. The molecule has 0 radical (unpaired) electrons. The first kappa shape index (κ1) is 26.0. The summed E-state index contributed by atoms with van der Waals surface area (Å²) in [5.74, 6) is 1.55. The minimum absolute atomic E-state index is 0. The number of rotatable bonds is 5. The standard InChI is InChI=1S/C25H35N5O.2ClH/c1-17-22(18(2)30(28-17)21-8-4-3-5-9-21)13-25(31)27-16-24-20-12-19(14-26-15-20)23-10-6-7-11-29(23)24;;/h3-5,8-9,19-20,23-24,26H,6-7,10-16H2,1-2H3,(H,27,31);2*1H/t19-,20+,23+,24+;;/m1../s1. The van der Waals surface area contributed by atoms with Crippen LogP contribution >= 0.6 is 24.8 Å². The van der Waals surface area contributed by atoms with Gasteiger partial charge in [0.15, 0.2) is 0 Å². The Balaban J connectivity index is 0.00000153. The molecule has 33 heavy (non-hydrogen) atoms. The minimum atomic E-state index is 0. The summed E-state index contributed by atoms with van der Waals surface area (Å²) in [5, 5.41) is 11.7. The number of hydrogen-bond acceptors (Lipinski definition) is 4. The molecule has 2 N–H and O–H groups in total. The summed E-state index contributed by atoms with van der Waals surface area (Å²) in [4.78, 5) is 15.7. The quantitative estimate of drug-likeness (QED) is 0.669. The van der Waals surface area contributed by atoms with Gasteiger partial charge in [-0.1, -0.05) is 24.6 Å². The number of piperidine rings is 3. The third kappa shape index (κ3) is 5.24. The largest absolute Gasteiger partial charge is 0.354 e. The summed E-state index contributed by atoms with van der Waals surface area (Å²) < 4.78 is 1.95. The molecule has 0 saturated carbocycles. The van der Waals surface area contributed by atoms with Crippen molar-refractivity contribution >= 4 is 30.7 Å². The monoisotopic (exact) mass is 493 g/mol. The van der Waals surface area contributed by atoms with Crippen molar-refractivity contribution in [1.82, 2.24) is 25.3 Å². The lowest BCUT2D eigenvalue weighted by Gasteiger charge is -2.55. The number of nitrogens with one attached hydrogen (secondary N) is 2. The van der Waals surface area contributed by atoms with E-state index in [1.165, 1.54) is 38.8 Å². The number of amides is 1. The molecule has 8 heteroatoms. The molecule has 5 rings (SSSR count). The Hall–Kier alpha value is -1.60. The summed E-state index contributed by atoms with van der Waals surface area (Å²) in [7, 11) is 0. The van der Waals surface area contributed by atoms with E-state index in [0.29, 0.717) is 24.4 Å². The lowest BCUT2D eigenvalue weighted by atomic mass is 9.73. The van der Waals surface area contributed by atoms with Gasteiger partial charge in [-0.2, -0.15) is 5.10 Å². The van der Waals surface area contributed by atoms with Crippen LogP contribution in [0.3, 0.4) is 0 Å². The van der Waals surface area contributed by atoms with Crippen LogP contribution < -0.4 is 10.6 Å². The fourth-order valence-corrected chi connectivity index (χ4v) is 6.24. The van der Waals surface area contributed by atoms with Crippen LogP contribution in [-0.4, -0.2) is 58.9 Å². The summed E-state index contributed by atoms with van der Waals surface area (Å²) in [6.07, 6.45) is 5.68. The summed E-state index contributed by atoms with van der Waals surface area (Å²) in [6.45, 7) is 8.27. The SMILES string of the molecule is Cc1nn(-c2ccccc2)c(C)c1CC(=O)NC[C@H]1[C@@H]2CNC[C@@H](C2)[C@@H]2CCCCN21.Cl.Cl. The van der Waals surface area contributed by atoms with Crippen molar-refractivity contribution in [2.45, 2.75) is 58.0 Å². The molecule has 0 unspecified atom stereocenters. The van der Waals surface area contributed by atoms with Gasteiger partial charge in [0.2, 0.25) is 5.91 Å². The maximum absolute atomic E-state index is 13.0. The zero-order valence-electron chi connectivity index (χ0n) is 19.6. The topological polar surface area (TPSA) is 62.2 Å². The zero-order valence-corrected chi connectivity index (χ0v) is 21.3. The molecular formula is C25H37Cl2N5O. The molecule has 0 aliphatic carbocycles. The average Bonchev–Trinajstić information content (AvgIpc) is 3.08. The van der Waals surface area contributed by atoms with Gasteiger partial charge in [-0.3, -0.25) is 9.69 Å². The van der Waals surface area contributed by atoms with Crippen LogP contribution in [0, 0.1) is 25.7 Å². The third-order valence-corrected chi connectivity index (χ3v) is 7.81. The van der Waals surface area contributed by atoms with Crippen molar-refractivity contribution < 1.29 is 4.79 Å². The zero-order chi connectivity index (χ0) is 21.4. The molecule has 3 fully saturated rings. The van der Waals surface area contributed by atoms with Crippen LogP contribution in [0.4, 0.5) is 0 Å². The van der Waals surface area contributed by atoms with E-state index in [2.05, 4.69) is 22.5 Å². The first-order valence-corrected chi connectivity index (χ1v) is 12.0. The van der Waals surface area contributed by atoms with Gasteiger partial charge in [-0.25, -0.2) is 4.68 Å². The molecule has 2 aromatic rings. The lowest BCUT2D eigenvalue weighted by Crippen LogP contribution is -2.65. The predicted molar refractivity (Wildman–Crippen MR) is 137 cm³/mol. The number of para-hydroxylation sites is 1. The van der Waals surface area contributed by atoms with Gasteiger partial charge in [0.25, 0.3) is 0 Å². The maximum atomic E-state index is 13.0. The molecule has 4 heterocycles. The van der Waals surface area contributed by atoms with E-state index in [0.717, 1.165) is 41.6 Å². The van der Waals surface area contributed by atoms with Gasteiger partial charge in [0.05, 0.1) is 17.8 Å². The first-order chi connectivity index (χ1) is 15.1. The highest BCUT2D eigenvalue weighted by atomic mass is 35.5. The van der Waals surface area contributed by atoms with E-state index in [9.17, 15) is 4.79 Å². The molecule has 1 aromatic carbocycles. The Labute approximate surface area is 209 Å². The van der Waals surface area contributed by atoms with E-state index in [1.807, 2.05) is 41.9 Å². The number of carbonyl (C=O) groups is 1. The van der Waals surface area contributed by atoms with Gasteiger partial charge < -0.3 is 10.6 Å². The second-order valence-corrected chi connectivity index (χ2v) is 9.66. The normalized spacial score (nSPS) is 26.5. The second-order valence-electron chi connectivity index (χ2n) is 9.66. The van der Waals surface area contributed by atoms with E-state index in [-0.39, 0.29) is 30.7 Å². The molecule has 6 nitrogen and oxygen atoms in total. The minimum Gasteiger partial charge on any atom is -0.354 e. The molecule has 1 aromatic heterocycles. The third-order valence-electron chi connectivity index (χ3n) is 7.81. The van der Waals surface area contributed by atoms with Gasteiger partial charge in [0, 0.05) is 29.9 Å². The number of aromatic nitrogens is 2. The Bertz CT molecular complexity index is 934. The van der Waals surface area contributed by atoms with E-state index < -0.39 is 0 Å². The summed E-state index contributed by atoms with van der Waals surface area (Å²) in [5.41, 5.74) is 4.06. The smallest absolute Gasteiger partial charge is 0.224 e. The molecule has 3 aliphatic heterocycles. The van der Waals surface area contributed by atoms with Gasteiger partial charge >= 0.3 is 0 Å². The van der Waals surface area contributed by atoms with Crippen molar-refractivity contribution in [1.29, 1.82) is 0 Å². The molecular weight excluding hydrogens is 457 g/mol. The molecule has 182 valence electrons. The molecule has 0 spiro atoms. The predicted octanol–water partition coefficient (Wildman–Crippen LogP) is 3.45. The Morgan fingerprint density at radius 1 is 1.12 bits per heavy atom. The van der Waals surface area contributed by atoms with Crippen molar-refractivity contribution in [2.24, 2.45) is 11.8 Å². The average molecular weight is 495 g/mol. The molecule has 3 aliphatic rings. The van der Waals surface area contributed by atoms with Crippen LogP contribution in [0.15, 0.2) is 30.3 Å². The van der Waals surface area contributed by atoms with Crippen LogP contribution in [0.5, 0.6) is 0 Å². The van der Waals surface area contributed by atoms with Crippen LogP contribution in [-0.2, 0) is 11.2 Å². The van der Waals surface area contributed by atoms with Crippen molar-refractivity contribution in [3.63, 3.8) is 0 Å². The van der Waals surface area contributed by atoms with Gasteiger partial charge in [-0.15, -0.1) is 24.8 Å². The van der Waals surface area contributed by atoms with E-state index >= 15 is 0 Å². The highest BCUT2D eigenvalue weighted by molar-refractivity contribution is 5.85. The number of nitrogens with zero attached hydrogens (tertiary/aromatic N) is 3.